The number of hydrogen-bond acceptors (Lipinski definition) is 4. The Morgan fingerprint density at radius 3 is 2.29 bits per heavy atom. The lowest BCUT2D eigenvalue weighted by Gasteiger charge is -2.34. The molecule has 1 aliphatic heterocycles. The molecule has 1 fully saturated rings. The molecular formula is C16H18Cl2F2N2OS. The van der Waals surface area contributed by atoms with E-state index in [4.69, 9.17) is 11.6 Å². The summed E-state index contributed by atoms with van der Waals surface area (Å²) in [5.74, 6) is 0.173. The summed E-state index contributed by atoms with van der Waals surface area (Å²) in [5.41, 5.74) is 1.05. The minimum Gasteiger partial charge on any atom is -0.435 e. The fourth-order valence-corrected chi connectivity index (χ4v) is 4.03. The number of alkyl halides is 2. The van der Waals surface area contributed by atoms with E-state index in [0.29, 0.717) is 0 Å². The van der Waals surface area contributed by atoms with E-state index >= 15 is 0 Å². The summed E-state index contributed by atoms with van der Waals surface area (Å²) in [7, 11) is 0. The minimum atomic E-state index is -2.80. The van der Waals surface area contributed by atoms with Gasteiger partial charge in [0, 0.05) is 31.1 Å². The quantitative estimate of drug-likeness (QED) is 0.811. The average molecular weight is 395 g/mol. The number of thiophene rings is 1. The highest BCUT2D eigenvalue weighted by Gasteiger charge is 2.25. The molecule has 8 heteroatoms. The van der Waals surface area contributed by atoms with Gasteiger partial charge in [-0.15, -0.1) is 23.7 Å². The van der Waals surface area contributed by atoms with Crippen LogP contribution in [0.1, 0.15) is 16.5 Å². The lowest BCUT2D eigenvalue weighted by Crippen LogP contribution is -2.45. The van der Waals surface area contributed by atoms with Gasteiger partial charge in [-0.05, 0) is 29.8 Å². The van der Waals surface area contributed by atoms with E-state index in [1.54, 1.807) is 23.5 Å². The van der Waals surface area contributed by atoms with E-state index < -0.39 is 6.61 Å². The molecule has 0 aliphatic carbocycles. The monoisotopic (exact) mass is 394 g/mol. The second kappa shape index (κ2) is 8.97. The van der Waals surface area contributed by atoms with Crippen molar-refractivity contribution in [3.63, 3.8) is 0 Å². The van der Waals surface area contributed by atoms with Gasteiger partial charge in [0.2, 0.25) is 0 Å². The molecule has 24 heavy (non-hydrogen) atoms. The summed E-state index contributed by atoms with van der Waals surface area (Å²) >= 11 is 7.65. The van der Waals surface area contributed by atoms with Crippen LogP contribution in [-0.4, -0.2) is 37.7 Å². The number of halogens is 4. The molecule has 1 aromatic carbocycles. The van der Waals surface area contributed by atoms with Crippen LogP contribution in [0.4, 0.5) is 8.78 Å². The molecule has 1 atom stereocenters. The van der Waals surface area contributed by atoms with Gasteiger partial charge in [0.1, 0.15) is 5.75 Å². The molecule has 1 saturated heterocycles. The van der Waals surface area contributed by atoms with Crippen molar-refractivity contribution in [3.8, 4) is 5.75 Å². The highest BCUT2D eigenvalue weighted by molar-refractivity contribution is 7.16. The van der Waals surface area contributed by atoms with E-state index in [1.807, 2.05) is 24.3 Å². The van der Waals surface area contributed by atoms with E-state index in [0.717, 1.165) is 41.0 Å². The van der Waals surface area contributed by atoms with Crippen molar-refractivity contribution in [3.05, 3.63) is 51.2 Å². The van der Waals surface area contributed by atoms with E-state index in [-0.39, 0.29) is 24.2 Å². The fourth-order valence-electron chi connectivity index (χ4n) is 2.80. The summed E-state index contributed by atoms with van der Waals surface area (Å²) < 4.78 is 29.8. The third-order valence-electron chi connectivity index (χ3n) is 3.80. The Morgan fingerprint density at radius 2 is 1.75 bits per heavy atom. The molecule has 0 unspecified atom stereocenters. The van der Waals surface area contributed by atoms with Crippen LogP contribution in [0.2, 0.25) is 4.34 Å². The minimum absolute atomic E-state index is 0. The zero-order valence-corrected chi connectivity index (χ0v) is 15.1. The Bertz CT molecular complexity index is 633. The van der Waals surface area contributed by atoms with Crippen molar-refractivity contribution >= 4 is 35.3 Å². The van der Waals surface area contributed by atoms with Gasteiger partial charge in [0.25, 0.3) is 0 Å². The fraction of sp³-hybridized carbons (Fsp3) is 0.375. The number of nitrogens with one attached hydrogen (secondary N) is 1. The Balaban J connectivity index is 0.00000208. The van der Waals surface area contributed by atoms with Gasteiger partial charge in [-0.2, -0.15) is 8.78 Å². The van der Waals surface area contributed by atoms with Crippen LogP contribution in [0.3, 0.4) is 0 Å². The van der Waals surface area contributed by atoms with Gasteiger partial charge in [-0.3, -0.25) is 4.90 Å². The summed E-state index contributed by atoms with van der Waals surface area (Å²) in [6.07, 6.45) is 0. The molecule has 0 bridgehead atoms. The van der Waals surface area contributed by atoms with Crippen molar-refractivity contribution in [1.82, 2.24) is 10.2 Å². The van der Waals surface area contributed by atoms with Gasteiger partial charge in [0.15, 0.2) is 0 Å². The SMILES string of the molecule is Cl.FC(F)Oc1ccc([C@@H](c2ccc(Cl)s2)N2CCNCC2)cc1. The van der Waals surface area contributed by atoms with Crippen molar-refractivity contribution < 1.29 is 13.5 Å². The molecule has 1 N–H and O–H groups in total. The second-order valence-corrected chi connectivity index (χ2v) is 7.02. The Hall–Kier alpha value is -0.920. The predicted molar refractivity (Wildman–Crippen MR) is 95.9 cm³/mol. The summed E-state index contributed by atoms with van der Waals surface area (Å²) in [6.45, 7) is 0.913. The summed E-state index contributed by atoms with van der Waals surface area (Å²) in [6, 6.07) is 10.9. The molecule has 2 heterocycles. The highest BCUT2D eigenvalue weighted by Crippen LogP contribution is 2.36. The van der Waals surface area contributed by atoms with Crippen LogP contribution in [0.25, 0.3) is 0 Å². The number of piperazine rings is 1. The molecule has 0 radical (unpaired) electrons. The molecule has 1 aromatic heterocycles. The van der Waals surface area contributed by atoms with Crippen molar-refractivity contribution in [2.45, 2.75) is 12.7 Å². The predicted octanol–water partition coefficient (Wildman–Crippen LogP) is 4.42. The maximum atomic E-state index is 12.3. The van der Waals surface area contributed by atoms with Crippen LogP contribution < -0.4 is 10.1 Å². The first-order valence-corrected chi connectivity index (χ1v) is 8.58. The number of rotatable bonds is 5. The van der Waals surface area contributed by atoms with E-state index in [1.165, 1.54) is 0 Å². The van der Waals surface area contributed by atoms with Gasteiger partial charge in [0.05, 0.1) is 10.4 Å². The van der Waals surface area contributed by atoms with Crippen molar-refractivity contribution in [2.75, 3.05) is 26.2 Å². The van der Waals surface area contributed by atoms with Crippen LogP contribution in [0, 0.1) is 0 Å². The third-order valence-corrected chi connectivity index (χ3v) is 5.08. The van der Waals surface area contributed by atoms with Crippen molar-refractivity contribution in [1.29, 1.82) is 0 Å². The zero-order valence-electron chi connectivity index (χ0n) is 12.8. The first-order chi connectivity index (χ1) is 11.1. The Morgan fingerprint density at radius 1 is 1.08 bits per heavy atom. The van der Waals surface area contributed by atoms with Gasteiger partial charge >= 0.3 is 6.61 Å². The van der Waals surface area contributed by atoms with E-state index in [2.05, 4.69) is 15.0 Å². The van der Waals surface area contributed by atoms with Gasteiger partial charge < -0.3 is 10.1 Å². The average Bonchev–Trinajstić information content (AvgIpc) is 2.96. The first-order valence-electron chi connectivity index (χ1n) is 7.38. The molecule has 2 aromatic rings. The standard InChI is InChI=1S/C16H17ClF2N2OS.ClH/c17-14-6-5-13(23-14)15(21-9-7-20-8-10-21)11-1-3-12(4-2-11)22-16(18)19;/h1-6,15-16,20H,7-10H2;1H/t15-;/m0./s1. The Labute approximate surface area is 155 Å². The lowest BCUT2D eigenvalue weighted by atomic mass is 10.0. The molecule has 3 nitrogen and oxygen atoms in total. The normalized spacial score (nSPS) is 16.7. The zero-order chi connectivity index (χ0) is 16.2. The molecule has 0 spiro atoms. The second-order valence-electron chi connectivity index (χ2n) is 5.28. The van der Waals surface area contributed by atoms with Gasteiger partial charge in [-0.1, -0.05) is 23.7 Å². The molecule has 0 amide bonds. The van der Waals surface area contributed by atoms with E-state index in [9.17, 15) is 8.78 Å². The number of ether oxygens (including phenoxy) is 1. The lowest BCUT2D eigenvalue weighted by molar-refractivity contribution is -0.0498. The number of nitrogens with zero attached hydrogens (tertiary/aromatic N) is 1. The van der Waals surface area contributed by atoms with Crippen LogP contribution in [-0.2, 0) is 0 Å². The number of hydrogen-bond donors (Lipinski definition) is 1. The largest absolute Gasteiger partial charge is 0.435 e. The maximum absolute atomic E-state index is 12.3. The first kappa shape index (κ1) is 19.4. The third kappa shape index (κ3) is 4.80. The molecule has 132 valence electrons. The molecule has 1 aliphatic rings. The van der Waals surface area contributed by atoms with Crippen LogP contribution in [0.5, 0.6) is 5.75 Å². The number of benzene rings is 1. The molecule has 3 rings (SSSR count). The Kier molecular flexibility index (Phi) is 7.25. The van der Waals surface area contributed by atoms with Crippen LogP contribution >= 0.6 is 35.3 Å². The summed E-state index contributed by atoms with van der Waals surface area (Å²) in [4.78, 5) is 3.53. The molecule has 0 saturated carbocycles. The van der Waals surface area contributed by atoms with Gasteiger partial charge in [-0.25, -0.2) is 0 Å². The van der Waals surface area contributed by atoms with Crippen molar-refractivity contribution in [2.24, 2.45) is 0 Å². The smallest absolute Gasteiger partial charge is 0.387 e. The topological polar surface area (TPSA) is 24.5 Å². The summed E-state index contributed by atoms with van der Waals surface area (Å²) in [5, 5.41) is 3.34. The molecular weight excluding hydrogens is 377 g/mol. The van der Waals surface area contributed by atoms with Crippen LogP contribution in [0.15, 0.2) is 36.4 Å². The highest BCUT2D eigenvalue weighted by atomic mass is 35.5. The maximum Gasteiger partial charge on any atom is 0.387 e.